The Kier molecular flexibility index (Phi) is 6.13. The Hall–Kier alpha value is -3.39. The van der Waals surface area contributed by atoms with Gasteiger partial charge in [-0.25, -0.2) is 9.37 Å². The summed E-state index contributed by atoms with van der Waals surface area (Å²) < 4.78 is 13.1. The summed E-state index contributed by atoms with van der Waals surface area (Å²) in [5, 5.41) is 2.66. The van der Waals surface area contributed by atoms with Crippen molar-refractivity contribution in [2.45, 2.75) is 19.8 Å². The third kappa shape index (κ3) is 4.72. The van der Waals surface area contributed by atoms with E-state index in [1.165, 1.54) is 18.6 Å². The van der Waals surface area contributed by atoms with E-state index in [1.54, 1.807) is 19.1 Å². The molecule has 2 N–H and O–H groups in total. The Balaban J connectivity index is 1.67. The molecule has 3 rings (SSSR count). The number of carbonyl (C=O) groups excluding carboxylic acids is 3. The van der Waals surface area contributed by atoms with Crippen LogP contribution in [0.25, 0.3) is 0 Å². The zero-order chi connectivity index (χ0) is 21.0. The second-order valence-corrected chi connectivity index (χ2v) is 6.53. The fraction of sp³-hybridized carbons (Fsp3) is 0.150. The van der Waals surface area contributed by atoms with E-state index in [4.69, 9.17) is 11.6 Å². The molecule has 1 amide bonds. The topological polar surface area (TPSA) is 105 Å². The summed E-state index contributed by atoms with van der Waals surface area (Å²) in [6, 6.07) is 6.73. The second kappa shape index (κ2) is 8.74. The van der Waals surface area contributed by atoms with Crippen LogP contribution >= 0.6 is 11.6 Å². The van der Waals surface area contributed by atoms with Crippen LogP contribution < -0.4 is 5.32 Å². The summed E-state index contributed by atoms with van der Waals surface area (Å²) in [5.41, 5.74) is 1.20. The second-order valence-electron chi connectivity index (χ2n) is 6.12. The maximum absolute atomic E-state index is 13.1. The first-order valence-corrected chi connectivity index (χ1v) is 9.08. The van der Waals surface area contributed by atoms with Crippen LogP contribution in [-0.2, 0) is 6.42 Å². The van der Waals surface area contributed by atoms with Crippen LogP contribution in [-0.4, -0.2) is 32.4 Å². The molecule has 0 aliphatic rings. The summed E-state index contributed by atoms with van der Waals surface area (Å²) in [6.07, 6.45) is 2.87. The van der Waals surface area contributed by atoms with Crippen molar-refractivity contribution in [3.63, 3.8) is 0 Å². The van der Waals surface area contributed by atoms with Crippen molar-refractivity contribution in [2.24, 2.45) is 0 Å². The molecule has 9 heteroatoms. The predicted octanol–water partition coefficient (Wildman–Crippen LogP) is 3.87. The Labute approximate surface area is 170 Å². The molecule has 0 aliphatic carbocycles. The lowest BCUT2D eigenvalue weighted by molar-refractivity contribution is 0.0963. The van der Waals surface area contributed by atoms with Gasteiger partial charge in [-0.15, -0.1) is 0 Å². The number of carbonyl (C=O) groups is 3. The highest BCUT2D eigenvalue weighted by Gasteiger charge is 2.19. The molecule has 0 fully saturated rings. The smallest absolute Gasteiger partial charge is 0.274 e. The summed E-state index contributed by atoms with van der Waals surface area (Å²) in [5.74, 6) is -1.60. The summed E-state index contributed by atoms with van der Waals surface area (Å²) in [7, 11) is 0. The first-order valence-electron chi connectivity index (χ1n) is 8.70. The molecule has 1 aromatic carbocycles. The monoisotopic (exact) mass is 414 g/mol. The Morgan fingerprint density at radius 2 is 1.93 bits per heavy atom. The van der Waals surface area contributed by atoms with Crippen LogP contribution in [0.15, 0.2) is 42.9 Å². The van der Waals surface area contributed by atoms with Crippen LogP contribution in [0.2, 0.25) is 5.02 Å². The van der Waals surface area contributed by atoms with Gasteiger partial charge >= 0.3 is 0 Å². The van der Waals surface area contributed by atoms with Gasteiger partial charge in [0, 0.05) is 17.7 Å². The Bertz CT molecular complexity index is 1080. The van der Waals surface area contributed by atoms with Crippen molar-refractivity contribution >= 4 is 34.8 Å². The fourth-order valence-corrected chi connectivity index (χ4v) is 2.89. The number of rotatable bonds is 7. The lowest BCUT2D eigenvalue weighted by atomic mass is 10.1. The predicted molar refractivity (Wildman–Crippen MR) is 105 cm³/mol. The highest BCUT2D eigenvalue weighted by atomic mass is 35.5. The quantitative estimate of drug-likeness (QED) is 0.571. The maximum Gasteiger partial charge on any atom is 0.274 e. The van der Waals surface area contributed by atoms with Gasteiger partial charge in [-0.1, -0.05) is 18.5 Å². The molecule has 0 saturated heterocycles. The Morgan fingerprint density at radius 3 is 2.59 bits per heavy atom. The molecule has 0 bridgehead atoms. The zero-order valence-electron chi connectivity index (χ0n) is 15.3. The summed E-state index contributed by atoms with van der Waals surface area (Å²) in [4.78, 5) is 47.2. The standard InChI is InChI=1S/C20H16ClFN4O3/c1-2-16(27)18-19(25-10-24-18)20(29)26-13-5-4-12(23-9-13)8-17(28)14-6-3-11(22)7-15(14)21/h3-7,9-10H,2,8H2,1H3,(H,24,25)(H,26,29). The first kappa shape index (κ1) is 20.3. The Morgan fingerprint density at radius 1 is 1.14 bits per heavy atom. The normalized spacial score (nSPS) is 10.6. The number of hydrogen-bond acceptors (Lipinski definition) is 5. The average Bonchev–Trinajstić information content (AvgIpc) is 3.19. The van der Waals surface area contributed by atoms with Gasteiger partial charge in [-0.2, -0.15) is 0 Å². The van der Waals surface area contributed by atoms with Crippen LogP contribution in [0.3, 0.4) is 0 Å². The molecule has 29 heavy (non-hydrogen) atoms. The number of hydrogen-bond donors (Lipinski definition) is 2. The van der Waals surface area contributed by atoms with E-state index in [9.17, 15) is 18.8 Å². The van der Waals surface area contributed by atoms with E-state index < -0.39 is 11.7 Å². The lowest BCUT2D eigenvalue weighted by Crippen LogP contribution is -2.16. The number of H-pyrrole nitrogens is 1. The molecule has 0 radical (unpaired) electrons. The molecule has 148 valence electrons. The van der Waals surface area contributed by atoms with Gasteiger partial charge in [-0.3, -0.25) is 19.4 Å². The molecule has 0 spiro atoms. The van der Waals surface area contributed by atoms with Gasteiger partial charge in [-0.05, 0) is 30.3 Å². The molecule has 7 nitrogen and oxygen atoms in total. The van der Waals surface area contributed by atoms with Gasteiger partial charge in [0.2, 0.25) is 0 Å². The van der Waals surface area contributed by atoms with Gasteiger partial charge in [0.25, 0.3) is 5.91 Å². The number of pyridine rings is 1. The van der Waals surface area contributed by atoms with E-state index in [0.717, 1.165) is 12.1 Å². The van der Waals surface area contributed by atoms with Crippen LogP contribution in [0.4, 0.5) is 10.1 Å². The number of nitrogens with zero attached hydrogens (tertiary/aromatic N) is 2. The van der Waals surface area contributed by atoms with Gasteiger partial charge < -0.3 is 10.3 Å². The zero-order valence-corrected chi connectivity index (χ0v) is 16.1. The fourth-order valence-electron chi connectivity index (χ4n) is 2.62. The van der Waals surface area contributed by atoms with Crippen molar-refractivity contribution in [3.05, 3.63) is 76.3 Å². The average molecular weight is 415 g/mol. The number of imidazole rings is 1. The minimum Gasteiger partial charge on any atom is -0.340 e. The molecule has 0 unspecified atom stereocenters. The first-order chi connectivity index (χ1) is 13.9. The summed E-state index contributed by atoms with van der Waals surface area (Å²) in [6.45, 7) is 1.68. The van der Waals surface area contributed by atoms with E-state index in [1.807, 2.05) is 0 Å². The minimum absolute atomic E-state index is 0.0325. The van der Waals surface area contributed by atoms with Crippen molar-refractivity contribution in [1.29, 1.82) is 0 Å². The number of aromatic amines is 1. The van der Waals surface area contributed by atoms with Crippen LogP contribution in [0.1, 0.15) is 50.4 Å². The molecule has 0 saturated carbocycles. The van der Waals surface area contributed by atoms with Crippen LogP contribution in [0.5, 0.6) is 0 Å². The van der Waals surface area contributed by atoms with Crippen molar-refractivity contribution < 1.29 is 18.8 Å². The summed E-state index contributed by atoms with van der Waals surface area (Å²) >= 11 is 5.91. The largest absolute Gasteiger partial charge is 0.340 e. The highest BCUT2D eigenvalue weighted by molar-refractivity contribution is 6.34. The molecule has 3 aromatic rings. The van der Waals surface area contributed by atoms with Gasteiger partial charge in [0.1, 0.15) is 17.2 Å². The number of aromatic nitrogens is 3. The molecule has 0 atom stereocenters. The van der Waals surface area contributed by atoms with Crippen molar-refractivity contribution in [1.82, 2.24) is 15.0 Å². The molecule has 0 aliphatic heterocycles. The molecule has 2 heterocycles. The third-order valence-corrected chi connectivity index (χ3v) is 4.42. The van der Waals surface area contributed by atoms with Gasteiger partial charge in [0.15, 0.2) is 11.6 Å². The third-order valence-electron chi connectivity index (χ3n) is 4.11. The van der Waals surface area contributed by atoms with Gasteiger partial charge in [0.05, 0.1) is 29.7 Å². The highest BCUT2D eigenvalue weighted by Crippen LogP contribution is 2.19. The SMILES string of the molecule is CCC(=O)c1nc[nH]c1C(=O)Nc1ccc(CC(=O)c2ccc(F)cc2Cl)nc1. The van der Waals surface area contributed by atoms with E-state index >= 15 is 0 Å². The number of nitrogens with one attached hydrogen (secondary N) is 2. The maximum atomic E-state index is 13.1. The lowest BCUT2D eigenvalue weighted by Gasteiger charge is -2.07. The van der Waals surface area contributed by atoms with Crippen molar-refractivity contribution in [2.75, 3.05) is 5.32 Å². The molecular weight excluding hydrogens is 399 g/mol. The van der Waals surface area contributed by atoms with E-state index in [-0.39, 0.29) is 46.4 Å². The van der Waals surface area contributed by atoms with Crippen molar-refractivity contribution in [3.8, 4) is 0 Å². The number of ketones is 2. The number of halogens is 2. The van der Waals surface area contributed by atoms with Crippen LogP contribution in [0, 0.1) is 5.82 Å². The number of anilines is 1. The van der Waals surface area contributed by atoms with E-state index in [0.29, 0.717) is 11.4 Å². The molecular formula is C20H16ClFN4O3. The number of benzene rings is 1. The molecule has 2 aromatic heterocycles. The number of amides is 1. The number of Topliss-reactive ketones (excluding diaryl/α,β-unsaturated/α-hetero) is 2. The van der Waals surface area contributed by atoms with E-state index in [2.05, 4.69) is 20.3 Å². The minimum atomic E-state index is -0.525.